The molecule has 0 saturated carbocycles. The molecule has 0 aliphatic carbocycles. The highest BCUT2D eigenvalue weighted by Gasteiger charge is 2.44. The summed E-state index contributed by atoms with van der Waals surface area (Å²) >= 11 is 0. The van der Waals surface area contributed by atoms with Crippen LogP contribution in [0.25, 0.3) is 0 Å². The maximum atomic E-state index is 13.0. The summed E-state index contributed by atoms with van der Waals surface area (Å²) in [6, 6.07) is 0. The van der Waals surface area contributed by atoms with Crippen LogP contribution in [0.2, 0.25) is 0 Å². The van der Waals surface area contributed by atoms with E-state index >= 15 is 0 Å². The van der Waals surface area contributed by atoms with E-state index in [0.29, 0.717) is 5.91 Å². The summed E-state index contributed by atoms with van der Waals surface area (Å²) in [5.41, 5.74) is -1.85. The molecule has 2 aliphatic rings. The molecule has 2 aliphatic heterocycles. The summed E-state index contributed by atoms with van der Waals surface area (Å²) in [4.78, 5) is 36.8. The van der Waals surface area contributed by atoms with Gasteiger partial charge in [0.25, 0.3) is 0 Å². The highest BCUT2D eigenvalue weighted by atomic mass is 19.1. The van der Waals surface area contributed by atoms with Crippen molar-refractivity contribution in [1.29, 1.82) is 0 Å². The number of rotatable bonds is 0. The molecule has 5 nitrogen and oxygen atoms in total. The fourth-order valence-corrected chi connectivity index (χ4v) is 2.36. The third-order valence-electron chi connectivity index (χ3n) is 4.81. The number of hydrogen-bond acceptors (Lipinski definition) is 3. The van der Waals surface area contributed by atoms with Crippen LogP contribution in [0.3, 0.4) is 0 Å². The third-order valence-corrected chi connectivity index (χ3v) is 4.81. The quantitative estimate of drug-likeness (QED) is 0.587. The van der Waals surface area contributed by atoms with Crippen molar-refractivity contribution in [2.24, 2.45) is 16.2 Å². The van der Waals surface area contributed by atoms with Gasteiger partial charge < -0.3 is 9.80 Å². The number of carbonyl (C=O) groups excluding carboxylic acids is 3. The van der Waals surface area contributed by atoms with Crippen LogP contribution in [0.5, 0.6) is 0 Å². The molecule has 0 radical (unpaired) electrons. The molecule has 0 aromatic heterocycles. The van der Waals surface area contributed by atoms with Crippen LogP contribution >= 0.6 is 0 Å². The van der Waals surface area contributed by atoms with Gasteiger partial charge in [-0.2, -0.15) is 0 Å². The van der Waals surface area contributed by atoms with Crippen molar-refractivity contribution in [3.05, 3.63) is 0 Å². The Kier molecular flexibility index (Phi) is 9.08. The maximum Gasteiger partial charge on any atom is 0.228 e. The van der Waals surface area contributed by atoms with Crippen molar-refractivity contribution in [3.63, 3.8) is 0 Å². The molecule has 0 bridgehead atoms. The summed E-state index contributed by atoms with van der Waals surface area (Å²) in [6.45, 7) is 22.8. The van der Waals surface area contributed by atoms with Crippen LogP contribution in [0, 0.1) is 16.2 Å². The largest absolute Gasteiger partial charge is 0.342 e. The first-order valence-electron chi connectivity index (χ1n) is 10.5. The number of nitrogens with zero attached hydrogens (tertiary/aromatic N) is 2. The second kappa shape index (κ2) is 9.57. The minimum atomic E-state index is -1.15. The second-order valence-corrected chi connectivity index (χ2v) is 11.5. The van der Waals surface area contributed by atoms with E-state index in [1.165, 1.54) is 13.3 Å². The molecule has 2 amide bonds. The van der Waals surface area contributed by atoms with Crippen LogP contribution in [0.1, 0.15) is 82.6 Å². The average molecular weight is 415 g/mol. The van der Waals surface area contributed by atoms with Crippen LogP contribution in [-0.4, -0.2) is 59.2 Å². The fourth-order valence-electron chi connectivity index (χ4n) is 2.36. The van der Waals surface area contributed by atoms with E-state index in [-0.39, 0.29) is 41.0 Å². The van der Waals surface area contributed by atoms with Crippen LogP contribution in [-0.2, 0) is 14.4 Å². The lowest BCUT2D eigenvalue weighted by molar-refractivity contribution is -0.152. The molecule has 2 rings (SSSR count). The molecule has 2 saturated heterocycles. The fraction of sp³-hybridized carbons (Fsp3) is 0.870. The predicted octanol–water partition coefficient (Wildman–Crippen LogP) is 4.49. The standard InChI is InChI=1S/C9H16FNO.C8H15NO.C6H12O/c1-8(2,3)7(12)11-5-9(4,10)6-11;1-8(2,3)7(10)9-5-4-6-9;1-5(7)6(2,3)4/h5-6H2,1-4H3;4-6H2,1-3H3;1-4H3. The lowest BCUT2D eigenvalue weighted by atomic mass is 9.90. The SMILES string of the molecule is CC(=O)C(C)(C)C.CC(C)(C)C(=O)N1CCC1.CC1(F)CN(C(=O)C(C)(C)C)C1. The monoisotopic (exact) mass is 414 g/mol. The summed E-state index contributed by atoms with van der Waals surface area (Å²) in [7, 11) is 0. The Morgan fingerprint density at radius 3 is 1.17 bits per heavy atom. The topological polar surface area (TPSA) is 57.7 Å². The molecule has 0 atom stereocenters. The minimum absolute atomic E-state index is 0.0395. The van der Waals surface area contributed by atoms with Crippen molar-refractivity contribution in [2.45, 2.75) is 88.3 Å². The first-order valence-corrected chi connectivity index (χ1v) is 10.5. The van der Waals surface area contributed by atoms with Gasteiger partial charge in [-0.1, -0.05) is 62.3 Å². The van der Waals surface area contributed by atoms with Crippen molar-refractivity contribution in [2.75, 3.05) is 26.2 Å². The number of likely N-dealkylation sites (tertiary alicyclic amines) is 2. The number of amides is 2. The Morgan fingerprint density at radius 1 is 0.724 bits per heavy atom. The number of halogens is 1. The number of carbonyl (C=O) groups is 3. The summed E-state index contributed by atoms with van der Waals surface area (Å²) < 4.78 is 13.0. The zero-order valence-electron chi connectivity index (χ0n) is 20.5. The molecule has 29 heavy (non-hydrogen) atoms. The van der Waals surface area contributed by atoms with Gasteiger partial charge in [0.05, 0.1) is 13.1 Å². The number of hydrogen-bond donors (Lipinski definition) is 0. The smallest absolute Gasteiger partial charge is 0.228 e. The highest BCUT2D eigenvalue weighted by molar-refractivity contribution is 5.83. The Balaban J connectivity index is 0.000000421. The van der Waals surface area contributed by atoms with E-state index in [4.69, 9.17) is 0 Å². The van der Waals surface area contributed by atoms with E-state index in [0.717, 1.165) is 13.1 Å². The molecule has 0 aromatic rings. The van der Waals surface area contributed by atoms with Gasteiger partial charge in [0, 0.05) is 29.3 Å². The van der Waals surface area contributed by atoms with E-state index < -0.39 is 5.67 Å². The van der Waals surface area contributed by atoms with Gasteiger partial charge >= 0.3 is 0 Å². The van der Waals surface area contributed by atoms with Crippen molar-refractivity contribution in [1.82, 2.24) is 9.80 Å². The zero-order chi connectivity index (χ0) is 23.4. The molecular weight excluding hydrogens is 371 g/mol. The molecule has 0 N–H and O–H groups in total. The number of Topliss-reactive ketones (excluding diaryl/α,β-unsaturated/α-hetero) is 1. The molecule has 2 fully saturated rings. The molecular formula is C23H43FN2O3. The molecule has 0 aromatic carbocycles. The molecule has 0 unspecified atom stereocenters. The summed E-state index contributed by atoms with van der Waals surface area (Å²) in [5, 5.41) is 0. The molecule has 2 heterocycles. The van der Waals surface area contributed by atoms with Crippen LogP contribution in [0.4, 0.5) is 4.39 Å². The Bertz CT molecular complexity index is 581. The highest BCUT2D eigenvalue weighted by Crippen LogP contribution is 2.29. The van der Waals surface area contributed by atoms with Crippen molar-refractivity contribution >= 4 is 17.6 Å². The van der Waals surface area contributed by atoms with Crippen LogP contribution < -0.4 is 0 Å². The lowest BCUT2D eigenvalue weighted by Gasteiger charge is -2.44. The van der Waals surface area contributed by atoms with Gasteiger partial charge in [0.2, 0.25) is 11.8 Å². The van der Waals surface area contributed by atoms with Gasteiger partial charge in [0.15, 0.2) is 0 Å². The van der Waals surface area contributed by atoms with E-state index in [9.17, 15) is 18.8 Å². The van der Waals surface area contributed by atoms with Gasteiger partial charge in [-0.25, -0.2) is 4.39 Å². The minimum Gasteiger partial charge on any atom is -0.342 e. The number of alkyl halides is 1. The normalized spacial score (nSPS) is 18.2. The van der Waals surface area contributed by atoms with Crippen LogP contribution in [0.15, 0.2) is 0 Å². The second-order valence-electron chi connectivity index (χ2n) is 11.5. The van der Waals surface area contributed by atoms with Gasteiger partial charge in [-0.3, -0.25) is 14.4 Å². The number of ketones is 1. The zero-order valence-corrected chi connectivity index (χ0v) is 20.5. The van der Waals surface area contributed by atoms with Crippen molar-refractivity contribution in [3.8, 4) is 0 Å². The first-order chi connectivity index (χ1) is 12.7. The summed E-state index contributed by atoms with van der Waals surface area (Å²) in [5.74, 6) is 0.573. The van der Waals surface area contributed by atoms with Crippen molar-refractivity contribution < 1.29 is 18.8 Å². The average Bonchev–Trinajstić information content (AvgIpc) is 2.40. The first kappa shape index (κ1) is 27.5. The summed E-state index contributed by atoms with van der Waals surface area (Å²) in [6.07, 6.45) is 1.18. The van der Waals surface area contributed by atoms with E-state index in [2.05, 4.69) is 0 Å². The van der Waals surface area contributed by atoms with Gasteiger partial charge in [0.1, 0.15) is 11.5 Å². The Hall–Kier alpha value is -1.46. The predicted molar refractivity (Wildman–Crippen MR) is 116 cm³/mol. The molecule has 6 heteroatoms. The van der Waals surface area contributed by atoms with E-state index in [1.807, 2.05) is 67.2 Å². The molecule has 0 spiro atoms. The maximum absolute atomic E-state index is 13.0. The Labute approximate surface area is 177 Å². The Morgan fingerprint density at radius 2 is 1.03 bits per heavy atom. The van der Waals surface area contributed by atoms with Gasteiger partial charge in [-0.15, -0.1) is 0 Å². The third kappa shape index (κ3) is 9.72. The lowest BCUT2D eigenvalue weighted by Crippen LogP contribution is -2.61. The molecule has 170 valence electrons. The van der Waals surface area contributed by atoms with Gasteiger partial charge in [-0.05, 0) is 20.3 Å². The van der Waals surface area contributed by atoms with E-state index in [1.54, 1.807) is 11.8 Å².